The number of carbonyl (C=O) groups excluding carboxylic acids is 1. The molecule has 4 heteroatoms. The highest BCUT2D eigenvalue weighted by Crippen LogP contribution is 2.25. The summed E-state index contributed by atoms with van der Waals surface area (Å²) in [6.07, 6.45) is -0.254. The number of carbonyl (C=O) groups is 1. The fraction of sp³-hybridized carbons (Fsp3) is 0.588. The van der Waals surface area contributed by atoms with Crippen LogP contribution in [0.3, 0.4) is 0 Å². The number of hydrogen-bond donors (Lipinski definition) is 0. The van der Waals surface area contributed by atoms with Gasteiger partial charge in [-0.2, -0.15) is 0 Å². The van der Waals surface area contributed by atoms with Gasteiger partial charge in [-0.1, -0.05) is 45.4 Å². The first-order chi connectivity index (χ1) is 9.72. The monoisotopic (exact) mass is 312 g/mol. The maximum absolute atomic E-state index is 12.1. The molecule has 0 saturated heterocycles. The van der Waals surface area contributed by atoms with Crippen LogP contribution in [0.2, 0.25) is 5.02 Å². The fourth-order valence-corrected chi connectivity index (χ4v) is 1.87. The van der Waals surface area contributed by atoms with Gasteiger partial charge in [-0.15, -0.1) is 0 Å². The van der Waals surface area contributed by atoms with Gasteiger partial charge in [0.25, 0.3) is 0 Å². The molecule has 21 heavy (non-hydrogen) atoms. The van der Waals surface area contributed by atoms with Crippen LogP contribution in [-0.4, -0.2) is 25.3 Å². The smallest absolute Gasteiger partial charge is 0.338 e. The average molecular weight is 313 g/mol. The first-order valence-electron chi connectivity index (χ1n) is 7.26. The summed E-state index contributed by atoms with van der Waals surface area (Å²) in [5, 5.41) is 0.525. The molecule has 1 aromatic carbocycles. The molecule has 1 rings (SSSR count). The van der Waals surface area contributed by atoms with Crippen molar-refractivity contribution in [1.82, 2.24) is 0 Å². The van der Waals surface area contributed by atoms with E-state index in [1.165, 1.54) is 0 Å². The van der Waals surface area contributed by atoms with Crippen molar-refractivity contribution in [1.29, 1.82) is 0 Å². The SMILES string of the molecule is CC(C)COCC(C)(C)C(C)OC(=O)c1cccc(Cl)c1. The minimum Gasteiger partial charge on any atom is -0.458 e. The summed E-state index contributed by atoms with van der Waals surface area (Å²) >= 11 is 5.89. The summed E-state index contributed by atoms with van der Waals surface area (Å²) in [6.45, 7) is 11.4. The lowest BCUT2D eigenvalue weighted by atomic mass is 9.88. The Morgan fingerprint density at radius 2 is 1.95 bits per heavy atom. The molecule has 0 aromatic heterocycles. The average Bonchev–Trinajstić information content (AvgIpc) is 2.37. The summed E-state index contributed by atoms with van der Waals surface area (Å²) in [5.74, 6) is 0.132. The predicted molar refractivity (Wildman–Crippen MR) is 85.8 cm³/mol. The Labute approximate surface area is 132 Å². The Kier molecular flexibility index (Phi) is 6.69. The second-order valence-electron chi connectivity index (χ2n) is 6.46. The molecule has 0 heterocycles. The van der Waals surface area contributed by atoms with E-state index in [1.807, 2.05) is 20.8 Å². The summed E-state index contributed by atoms with van der Waals surface area (Å²) in [5.41, 5.74) is 0.219. The number of halogens is 1. The summed E-state index contributed by atoms with van der Waals surface area (Å²) in [4.78, 5) is 12.1. The lowest BCUT2D eigenvalue weighted by molar-refractivity contribution is -0.0401. The van der Waals surface area contributed by atoms with Crippen LogP contribution in [0.1, 0.15) is 45.0 Å². The molecule has 0 spiro atoms. The molecule has 0 saturated carbocycles. The standard InChI is InChI=1S/C17H25ClO3/c1-12(2)10-20-11-17(4,5)13(3)21-16(19)14-7-6-8-15(18)9-14/h6-9,12-13H,10-11H2,1-5H3. The summed E-state index contributed by atoms with van der Waals surface area (Å²) in [7, 11) is 0. The Balaban J connectivity index is 2.58. The van der Waals surface area contributed by atoms with E-state index in [0.29, 0.717) is 29.7 Å². The minimum absolute atomic E-state index is 0.247. The van der Waals surface area contributed by atoms with Crippen molar-refractivity contribution in [3.63, 3.8) is 0 Å². The van der Waals surface area contributed by atoms with Gasteiger partial charge in [-0.3, -0.25) is 0 Å². The van der Waals surface area contributed by atoms with E-state index in [4.69, 9.17) is 21.1 Å². The van der Waals surface area contributed by atoms with Crippen LogP contribution in [0.4, 0.5) is 0 Å². The maximum Gasteiger partial charge on any atom is 0.338 e. The second kappa shape index (κ2) is 7.81. The quantitative estimate of drug-likeness (QED) is 0.691. The normalized spacial score (nSPS) is 13.3. The van der Waals surface area contributed by atoms with Gasteiger partial charge in [-0.25, -0.2) is 4.79 Å². The van der Waals surface area contributed by atoms with Crippen molar-refractivity contribution in [2.24, 2.45) is 11.3 Å². The zero-order valence-corrected chi connectivity index (χ0v) is 14.2. The van der Waals surface area contributed by atoms with E-state index >= 15 is 0 Å². The zero-order chi connectivity index (χ0) is 16.0. The molecule has 0 aliphatic heterocycles. The van der Waals surface area contributed by atoms with Crippen molar-refractivity contribution < 1.29 is 14.3 Å². The number of esters is 1. The topological polar surface area (TPSA) is 35.5 Å². The van der Waals surface area contributed by atoms with E-state index in [0.717, 1.165) is 0 Å². The Hall–Kier alpha value is -1.06. The number of rotatable bonds is 7. The van der Waals surface area contributed by atoms with Crippen LogP contribution in [0, 0.1) is 11.3 Å². The first-order valence-corrected chi connectivity index (χ1v) is 7.64. The number of benzene rings is 1. The van der Waals surface area contributed by atoms with Crippen LogP contribution in [0.25, 0.3) is 0 Å². The molecule has 0 fully saturated rings. The van der Waals surface area contributed by atoms with Crippen LogP contribution in [0.15, 0.2) is 24.3 Å². The maximum atomic E-state index is 12.1. The minimum atomic E-state index is -0.359. The van der Waals surface area contributed by atoms with E-state index in [9.17, 15) is 4.79 Å². The highest BCUT2D eigenvalue weighted by molar-refractivity contribution is 6.30. The molecule has 1 aromatic rings. The molecule has 1 atom stereocenters. The van der Waals surface area contributed by atoms with E-state index in [1.54, 1.807) is 24.3 Å². The lowest BCUT2D eigenvalue weighted by Gasteiger charge is -2.31. The van der Waals surface area contributed by atoms with Crippen LogP contribution in [-0.2, 0) is 9.47 Å². The third kappa shape index (κ3) is 6.06. The zero-order valence-electron chi connectivity index (χ0n) is 13.5. The second-order valence-corrected chi connectivity index (χ2v) is 6.89. The van der Waals surface area contributed by atoms with E-state index < -0.39 is 0 Å². The molecule has 0 aliphatic carbocycles. The Morgan fingerprint density at radius 3 is 2.52 bits per heavy atom. The molecular formula is C17H25ClO3. The van der Waals surface area contributed by atoms with Gasteiger partial charge >= 0.3 is 5.97 Å². The van der Waals surface area contributed by atoms with Crippen LogP contribution >= 0.6 is 11.6 Å². The molecule has 118 valence electrons. The Morgan fingerprint density at radius 1 is 1.29 bits per heavy atom. The van der Waals surface area contributed by atoms with Crippen LogP contribution < -0.4 is 0 Å². The van der Waals surface area contributed by atoms with Crippen molar-refractivity contribution in [2.45, 2.75) is 40.7 Å². The first kappa shape index (κ1) is 18.0. The van der Waals surface area contributed by atoms with Crippen molar-refractivity contribution >= 4 is 17.6 Å². The predicted octanol–water partition coefficient (Wildman–Crippen LogP) is 4.58. The molecule has 0 bridgehead atoms. The van der Waals surface area contributed by atoms with Gasteiger partial charge in [0.05, 0.1) is 12.2 Å². The number of ether oxygens (including phenoxy) is 2. The highest BCUT2D eigenvalue weighted by Gasteiger charge is 2.30. The van der Waals surface area contributed by atoms with Gasteiger partial charge in [-0.05, 0) is 31.0 Å². The van der Waals surface area contributed by atoms with Gasteiger partial charge in [0.2, 0.25) is 0 Å². The van der Waals surface area contributed by atoms with Crippen molar-refractivity contribution in [3.05, 3.63) is 34.9 Å². The lowest BCUT2D eigenvalue weighted by Crippen LogP contribution is -2.36. The van der Waals surface area contributed by atoms with Gasteiger partial charge in [0.1, 0.15) is 6.10 Å². The van der Waals surface area contributed by atoms with Gasteiger partial charge < -0.3 is 9.47 Å². The molecule has 0 aliphatic rings. The van der Waals surface area contributed by atoms with Gasteiger partial charge in [0, 0.05) is 17.0 Å². The third-order valence-corrected chi connectivity index (χ3v) is 3.60. The third-order valence-electron chi connectivity index (χ3n) is 3.37. The molecule has 1 unspecified atom stereocenters. The molecular weight excluding hydrogens is 288 g/mol. The molecule has 3 nitrogen and oxygen atoms in total. The number of hydrogen-bond acceptors (Lipinski definition) is 3. The highest BCUT2D eigenvalue weighted by atomic mass is 35.5. The van der Waals surface area contributed by atoms with E-state index in [-0.39, 0.29) is 17.5 Å². The fourth-order valence-electron chi connectivity index (χ4n) is 1.68. The molecule has 0 radical (unpaired) electrons. The van der Waals surface area contributed by atoms with Crippen molar-refractivity contribution in [3.8, 4) is 0 Å². The molecule has 0 amide bonds. The van der Waals surface area contributed by atoms with E-state index in [2.05, 4.69) is 13.8 Å². The van der Waals surface area contributed by atoms with Gasteiger partial charge in [0.15, 0.2) is 0 Å². The molecule has 0 N–H and O–H groups in total. The summed E-state index contributed by atoms with van der Waals surface area (Å²) < 4.78 is 11.2. The van der Waals surface area contributed by atoms with Crippen LogP contribution in [0.5, 0.6) is 0 Å². The van der Waals surface area contributed by atoms with Crippen molar-refractivity contribution in [2.75, 3.05) is 13.2 Å². The summed E-state index contributed by atoms with van der Waals surface area (Å²) in [6, 6.07) is 6.77. The largest absolute Gasteiger partial charge is 0.458 e. The Bertz CT molecular complexity index is 469.